The van der Waals surface area contributed by atoms with Gasteiger partial charge in [-0.2, -0.15) is 12.6 Å². The predicted octanol–water partition coefficient (Wildman–Crippen LogP) is 1.92. The van der Waals surface area contributed by atoms with E-state index in [1.54, 1.807) is 24.3 Å². The second kappa shape index (κ2) is 11.1. The van der Waals surface area contributed by atoms with Gasteiger partial charge >= 0.3 is 11.9 Å². The maximum absolute atomic E-state index is 12.7. The number of ether oxygens (including phenoxy) is 1. The first-order valence-electron chi connectivity index (χ1n) is 9.17. The van der Waals surface area contributed by atoms with Gasteiger partial charge < -0.3 is 25.6 Å². The zero-order valence-electron chi connectivity index (χ0n) is 16.3. The minimum atomic E-state index is -1.68. The standard InChI is InChI=1S/C21H24N2O6S/c1-29-16-9-7-15(8-10-16)22-17(20(25)26)18(21(27)28)23-19(24)14(12-30)11-13-5-3-2-4-6-13/h2-10,14,17-18,22,30H,11-12H2,1H3,(H,23,24)(H,25,26)(H,27,28)/t14?,17?,18-/m0/s1. The third-order valence-corrected chi connectivity index (χ3v) is 4.93. The third kappa shape index (κ3) is 6.41. The molecule has 0 radical (unpaired) electrons. The Morgan fingerprint density at radius 1 is 0.967 bits per heavy atom. The van der Waals surface area contributed by atoms with Crippen LogP contribution in [0.25, 0.3) is 0 Å². The van der Waals surface area contributed by atoms with Crippen LogP contribution in [0.5, 0.6) is 5.75 Å². The van der Waals surface area contributed by atoms with E-state index in [1.165, 1.54) is 7.11 Å². The summed E-state index contributed by atoms with van der Waals surface area (Å²) in [5, 5.41) is 24.2. The second-order valence-corrected chi connectivity index (χ2v) is 6.95. The zero-order valence-corrected chi connectivity index (χ0v) is 17.2. The van der Waals surface area contributed by atoms with Gasteiger partial charge in [0.1, 0.15) is 5.75 Å². The van der Waals surface area contributed by atoms with Gasteiger partial charge in [-0.05, 0) is 36.2 Å². The van der Waals surface area contributed by atoms with Crippen molar-refractivity contribution in [3.05, 3.63) is 60.2 Å². The molecule has 2 rings (SSSR count). The summed E-state index contributed by atoms with van der Waals surface area (Å²) in [4.78, 5) is 36.2. The lowest BCUT2D eigenvalue weighted by atomic mass is 9.99. The van der Waals surface area contributed by atoms with Gasteiger partial charge in [0.05, 0.1) is 13.0 Å². The Morgan fingerprint density at radius 2 is 1.57 bits per heavy atom. The second-order valence-electron chi connectivity index (χ2n) is 6.58. The summed E-state index contributed by atoms with van der Waals surface area (Å²) in [6.07, 6.45) is 0.353. The summed E-state index contributed by atoms with van der Waals surface area (Å²) < 4.78 is 5.04. The predicted molar refractivity (Wildman–Crippen MR) is 115 cm³/mol. The van der Waals surface area contributed by atoms with E-state index in [2.05, 4.69) is 23.3 Å². The van der Waals surface area contributed by atoms with Crippen molar-refractivity contribution >= 4 is 36.2 Å². The Balaban J connectivity index is 2.16. The highest BCUT2D eigenvalue weighted by molar-refractivity contribution is 7.80. The highest BCUT2D eigenvalue weighted by Crippen LogP contribution is 2.17. The van der Waals surface area contributed by atoms with E-state index in [4.69, 9.17) is 4.74 Å². The van der Waals surface area contributed by atoms with Crippen LogP contribution in [0.4, 0.5) is 5.69 Å². The van der Waals surface area contributed by atoms with Crippen molar-refractivity contribution < 1.29 is 29.3 Å². The van der Waals surface area contributed by atoms with Crippen LogP contribution < -0.4 is 15.4 Å². The van der Waals surface area contributed by atoms with Gasteiger partial charge in [-0.25, -0.2) is 9.59 Å². The molecule has 0 aliphatic carbocycles. The first-order valence-corrected chi connectivity index (χ1v) is 9.80. The Kier molecular flexibility index (Phi) is 8.54. The monoisotopic (exact) mass is 432 g/mol. The molecule has 0 saturated carbocycles. The lowest BCUT2D eigenvalue weighted by Gasteiger charge is -2.25. The number of carboxylic acids is 2. The normalized spacial score (nSPS) is 13.5. The molecule has 4 N–H and O–H groups in total. The van der Waals surface area contributed by atoms with Crippen LogP contribution in [0, 0.1) is 5.92 Å². The maximum atomic E-state index is 12.7. The number of hydrogen-bond acceptors (Lipinski definition) is 6. The fourth-order valence-corrected chi connectivity index (χ4v) is 3.15. The molecule has 0 heterocycles. The van der Waals surface area contributed by atoms with Crippen LogP contribution in [0.2, 0.25) is 0 Å². The van der Waals surface area contributed by atoms with Gasteiger partial charge in [0.25, 0.3) is 0 Å². The number of thiol groups is 1. The maximum Gasteiger partial charge on any atom is 0.329 e. The molecule has 9 heteroatoms. The van der Waals surface area contributed by atoms with Gasteiger partial charge in [0.15, 0.2) is 12.1 Å². The van der Waals surface area contributed by atoms with Gasteiger partial charge in [-0.15, -0.1) is 0 Å². The summed E-state index contributed by atoms with van der Waals surface area (Å²) in [6.45, 7) is 0. The fourth-order valence-electron chi connectivity index (χ4n) is 2.85. The van der Waals surface area contributed by atoms with Crippen LogP contribution in [0.3, 0.4) is 0 Å². The van der Waals surface area contributed by atoms with Gasteiger partial charge in [-0.1, -0.05) is 30.3 Å². The molecule has 1 amide bonds. The summed E-state index contributed by atoms with van der Waals surface area (Å²) in [5.41, 5.74) is 1.27. The van der Waals surface area contributed by atoms with E-state index in [-0.39, 0.29) is 5.75 Å². The number of rotatable bonds is 11. The number of amides is 1. The molecule has 2 unspecified atom stereocenters. The Morgan fingerprint density at radius 3 is 2.07 bits per heavy atom. The summed E-state index contributed by atoms with van der Waals surface area (Å²) in [5.74, 6) is -3.33. The molecule has 8 nitrogen and oxygen atoms in total. The molecule has 30 heavy (non-hydrogen) atoms. The number of carbonyl (C=O) groups excluding carboxylic acids is 1. The smallest absolute Gasteiger partial charge is 0.329 e. The topological polar surface area (TPSA) is 125 Å². The average Bonchev–Trinajstić information content (AvgIpc) is 2.75. The molecule has 160 valence electrons. The lowest BCUT2D eigenvalue weighted by molar-refractivity contribution is -0.148. The van der Waals surface area contributed by atoms with Crippen molar-refractivity contribution in [3.8, 4) is 5.75 Å². The minimum Gasteiger partial charge on any atom is -0.497 e. The molecule has 0 fully saturated rings. The largest absolute Gasteiger partial charge is 0.497 e. The lowest BCUT2D eigenvalue weighted by Crippen LogP contribution is -2.56. The molecule has 0 aromatic heterocycles. The summed E-state index contributed by atoms with van der Waals surface area (Å²) in [6, 6.07) is 12.3. The number of carboxylic acid groups (broad SMARTS) is 2. The van der Waals surface area contributed by atoms with Crippen molar-refractivity contribution in [3.63, 3.8) is 0 Å². The number of benzene rings is 2. The van der Waals surface area contributed by atoms with Crippen molar-refractivity contribution in [2.24, 2.45) is 5.92 Å². The third-order valence-electron chi connectivity index (χ3n) is 4.49. The van der Waals surface area contributed by atoms with Crippen LogP contribution in [0.15, 0.2) is 54.6 Å². The van der Waals surface area contributed by atoms with E-state index >= 15 is 0 Å². The molecule has 0 saturated heterocycles. The molecule has 0 spiro atoms. The Bertz CT molecular complexity index is 860. The molecule has 2 aromatic rings. The zero-order chi connectivity index (χ0) is 22.1. The first kappa shape index (κ1) is 23.1. The minimum absolute atomic E-state index is 0.177. The number of nitrogens with one attached hydrogen (secondary N) is 2. The summed E-state index contributed by atoms with van der Waals surface area (Å²) >= 11 is 4.20. The van der Waals surface area contributed by atoms with Gasteiger partial charge in [0.2, 0.25) is 5.91 Å². The quantitative estimate of drug-likeness (QED) is 0.344. The first-order chi connectivity index (χ1) is 14.3. The van der Waals surface area contributed by atoms with Crippen LogP contribution >= 0.6 is 12.6 Å². The highest BCUT2D eigenvalue weighted by atomic mass is 32.1. The van der Waals surface area contributed by atoms with E-state index in [1.807, 2.05) is 30.3 Å². The molecule has 0 aliphatic heterocycles. The van der Waals surface area contributed by atoms with E-state index in [9.17, 15) is 24.6 Å². The number of hydrogen-bond donors (Lipinski definition) is 5. The molecular weight excluding hydrogens is 408 g/mol. The van der Waals surface area contributed by atoms with E-state index in [0.717, 1.165) is 5.56 Å². The molecule has 0 bridgehead atoms. The van der Waals surface area contributed by atoms with Gasteiger partial charge in [-0.3, -0.25) is 4.79 Å². The highest BCUT2D eigenvalue weighted by Gasteiger charge is 2.36. The van der Waals surface area contributed by atoms with Crippen molar-refractivity contribution in [1.82, 2.24) is 5.32 Å². The van der Waals surface area contributed by atoms with E-state index in [0.29, 0.717) is 17.9 Å². The van der Waals surface area contributed by atoms with Gasteiger partial charge in [0, 0.05) is 11.4 Å². The number of anilines is 1. The number of methoxy groups -OCH3 is 1. The van der Waals surface area contributed by atoms with Crippen LogP contribution in [-0.4, -0.2) is 53.0 Å². The van der Waals surface area contributed by atoms with E-state index < -0.39 is 35.8 Å². The van der Waals surface area contributed by atoms with Crippen LogP contribution in [-0.2, 0) is 20.8 Å². The Labute approximate surface area is 179 Å². The van der Waals surface area contributed by atoms with Crippen molar-refractivity contribution in [2.75, 3.05) is 18.2 Å². The SMILES string of the molecule is COc1ccc(NC(C(=O)O)[C@H](NC(=O)C(CS)Cc2ccccc2)C(=O)O)cc1. The molecule has 3 atom stereocenters. The van der Waals surface area contributed by atoms with Crippen molar-refractivity contribution in [2.45, 2.75) is 18.5 Å². The fraction of sp³-hybridized carbons (Fsp3) is 0.286. The molecule has 0 aliphatic rings. The Hall–Kier alpha value is -3.20. The average molecular weight is 432 g/mol. The van der Waals surface area contributed by atoms with Crippen molar-refractivity contribution in [1.29, 1.82) is 0 Å². The number of carbonyl (C=O) groups is 3. The molecular formula is C21H24N2O6S. The summed E-state index contributed by atoms with van der Waals surface area (Å²) in [7, 11) is 1.49. The number of aliphatic carboxylic acids is 2. The van der Waals surface area contributed by atoms with Crippen LogP contribution in [0.1, 0.15) is 5.56 Å². The molecule has 2 aromatic carbocycles.